The number of likely N-dealkylation sites (N-methyl/N-ethyl adjacent to an activating group) is 1. The molecule has 0 fully saturated rings. The molecule has 0 atom stereocenters. The molecule has 0 radical (unpaired) electrons. The Labute approximate surface area is 155 Å². The number of hydrogen-bond donors (Lipinski definition) is 0. The highest BCUT2D eigenvalue weighted by molar-refractivity contribution is 5.96. The van der Waals surface area contributed by atoms with Crippen molar-refractivity contribution in [2.45, 2.75) is 12.9 Å². The second-order valence-electron chi connectivity index (χ2n) is 6.73. The van der Waals surface area contributed by atoms with Gasteiger partial charge in [0.15, 0.2) is 0 Å². The third kappa shape index (κ3) is 3.71. The van der Waals surface area contributed by atoms with Crippen LogP contribution < -0.4 is 9.64 Å². The summed E-state index contributed by atoms with van der Waals surface area (Å²) in [6.45, 7) is 2.11. The van der Waals surface area contributed by atoms with E-state index in [1.807, 2.05) is 25.2 Å². The Balaban J connectivity index is 1.81. The first-order chi connectivity index (χ1) is 12.9. The highest BCUT2D eigenvalue weighted by Crippen LogP contribution is 2.38. The van der Waals surface area contributed by atoms with Gasteiger partial charge in [0.25, 0.3) is 0 Å². The van der Waals surface area contributed by atoms with Crippen LogP contribution in [0.15, 0.2) is 60.7 Å². The molecule has 3 nitrogen and oxygen atoms in total. The molecule has 3 aromatic rings. The second-order valence-corrected chi connectivity index (χ2v) is 6.73. The molecule has 1 aliphatic heterocycles. The molecule has 1 heterocycles. The van der Waals surface area contributed by atoms with Crippen molar-refractivity contribution >= 4 is 22.1 Å². The van der Waals surface area contributed by atoms with Crippen molar-refractivity contribution in [3.63, 3.8) is 0 Å². The average Bonchev–Trinajstić information content (AvgIpc) is 2.77. The zero-order valence-electron chi connectivity index (χ0n) is 14.8. The predicted octanol–water partition coefficient (Wildman–Crippen LogP) is 5.32. The van der Waals surface area contributed by atoms with E-state index in [1.54, 1.807) is 6.07 Å². The summed E-state index contributed by atoms with van der Waals surface area (Å²) in [5.74, 6) is -0.186. The molecule has 0 aromatic heterocycles. The van der Waals surface area contributed by atoms with Gasteiger partial charge in [0, 0.05) is 36.4 Å². The van der Waals surface area contributed by atoms with Crippen molar-refractivity contribution in [1.29, 1.82) is 0 Å². The lowest BCUT2D eigenvalue weighted by atomic mass is 10.1. The summed E-state index contributed by atoms with van der Waals surface area (Å²) in [5, 5.41) is 2.25. The summed E-state index contributed by atoms with van der Waals surface area (Å²) >= 11 is 0. The number of alkyl halides is 3. The van der Waals surface area contributed by atoms with Gasteiger partial charge in [0.05, 0.1) is 0 Å². The molecule has 0 aliphatic carbocycles. The van der Waals surface area contributed by atoms with E-state index in [1.165, 1.54) is 12.1 Å². The molecule has 4 rings (SSSR count). The number of nitrogens with zero attached hydrogens (tertiary/aromatic N) is 2. The third-order valence-electron chi connectivity index (χ3n) is 4.78. The van der Waals surface area contributed by atoms with Crippen molar-refractivity contribution in [3.8, 4) is 5.75 Å². The first kappa shape index (κ1) is 17.7. The van der Waals surface area contributed by atoms with Crippen molar-refractivity contribution in [3.05, 3.63) is 66.2 Å². The van der Waals surface area contributed by atoms with Gasteiger partial charge < -0.3 is 14.5 Å². The Kier molecular flexibility index (Phi) is 4.44. The maximum Gasteiger partial charge on any atom is 0.573 e. The summed E-state index contributed by atoms with van der Waals surface area (Å²) < 4.78 is 41.9. The van der Waals surface area contributed by atoms with Crippen LogP contribution in [0.4, 0.5) is 24.5 Å². The average molecular weight is 372 g/mol. The van der Waals surface area contributed by atoms with E-state index in [0.717, 1.165) is 40.8 Å². The Morgan fingerprint density at radius 3 is 2.48 bits per heavy atom. The van der Waals surface area contributed by atoms with E-state index >= 15 is 0 Å². The molecule has 27 heavy (non-hydrogen) atoms. The molecule has 140 valence electrons. The fourth-order valence-electron chi connectivity index (χ4n) is 3.60. The fourth-order valence-corrected chi connectivity index (χ4v) is 3.60. The Morgan fingerprint density at radius 2 is 1.67 bits per heavy atom. The Hall–Kier alpha value is -2.73. The number of hydrogen-bond acceptors (Lipinski definition) is 3. The van der Waals surface area contributed by atoms with E-state index in [2.05, 4.69) is 38.8 Å². The van der Waals surface area contributed by atoms with Crippen LogP contribution in [0.3, 0.4) is 0 Å². The summed E-state index contributed by atoms with van der Waals surface area (Å²) in [5.41, 5.74) is 2.77. The first-order valence-electron chi connectivity index (χ1n) is 8.73. The van der Waals surface area contributed by atoms with E-state index in [9.17, 15) is 13.2 Å². The number of halogens is 3. The van der Waals surface area contributed by atoms with E-state index in [4.69, 9.17) is 0 Å². The number of benzene rings is 3. The predicted molar refractivity (Wildman–Crippen MR) is 100 cm³/mol. The molecule has 0 bridgehead atoms. The fraction of sp³-hybridized carbons (Fsp3) is 0.238. The molecule has 3 aromatic carbocycles. The zero-order valence-corrected chi connectivity index (χ0v) is 14.8. The summed E-state index contributed by atoms with van der Waals surface area (Å²) in [7, 11) is 1.97. The molecule has 0 N–H and O–H groups in total. The van der Waals surface area contributed by atoms with Crippen LogP contribution in [0.5, 0.6) is 5.75 Å². The molecule has 6 heteroatoms. The summed E-state index contributed by atoms with van der Waals surface area (Å²) in [4.78, 5) is 4.28. The minimum absolute atomic E-state index is 0.186. The normalized spacial score (nSPS) is 15.5. The molecule has 1 aliphatic rings. The smallest absolute Gasteiger partial charge is 0.406 e. The van der Waals surface area contributed by atoms with Gasteiger partial charge in [-0.05, 0) is 42.3 Å². The standard InChI is InChI=1S/C21H19F3N2O/c1-25-11-12-26(20-8-4-6-15-5-2-3-7-18(15)20)19-10-9-17(13-16(19)14-25)27-21(22,23)24/h2-10,13H,11-12,14H2,1H3. The highest BCUT2D eigenvalue weighted by atomic mass is 19.4. The van der Waals surface area contributed by atoms with Crippen molar-refractivity contribution in [2.75, 3.05) is 25.0 Å². The van der Waals surface area contributed by atoms with Gasteiger partial charge in [0.2, 0.25) is 0 Å². The number of anilines is 2. The first-order valence-corrected chi connectivity index (χ1v) is 8.73. The van der Waals surface area contributed by atoms with Crippen molar-refractivity contribution in [1.82, 2.24) is 4.90 Å². The minimum Gasteiger partial charge on any atom is -0.406 e. The summed E-state index contributed by atoms with van der Waals surface area (Å²) in [6, 6.07) is 18.8. The number of rotatable bonds is 2. The lowest BCUT2D eigenvalue weighted by Crippen LogP contribution is -2.26. The third-order valence-corrected chi connectivity index (χ3v) is 4.78. The van der Waals surface area contributed by atoms with Gasteiger partial charge >= 0.3 is 6.36 Å². The maximum atomic E-state index is 12.6. The summed E-state index contributed by atoms with van der Waals surface area (Å²) in [6.07, 6.45) is -4.69. The molecular weight excluding hydrogens is 353 g/mol. The SMILES string of the molecule is CN1CCN(c2cccc3ccccc23)c2ccc(OC(F)(F)F)cc2C1. The van der Waals surface area contributed by atoms with Gasteiger partial charge in [-0.25, -0.2) is 0 Å². The van der Waals surface area contributed by atoms with Crippen LogP contribution in [-0.2, 0) is 6.54 Å². The molecule has 0 saturated heterocycles. The largest absolute Gasteiger partial charge is 0.573 e. The van der Waals surface area contributed by atoms with E-state index in [0.29, 0.717) is 6.54 Å². The Morgan fingerprint density at radius 1 is 0.889 bits per heavy atom. The lowest BCUT2D eigenvalue weighted by molar-refractivity contribution is -0.274. The van der Waals surface area contributed by atoms with Crippen LogP contribution in [0.1, 0.15) is 5.56 Å². The molecule has 0 unspecified atom stereocenters. The maximum absolute atomic E-state index is 12.6. The highest BCUT2D eigenvalue weighted by Gasteiger charge is 2.31. The zero-order chi connectivity index (χ0) is 19.0. The van der Waals surface area contributed by atoms with Gasteiger partial charge in [-0.15, -0.1) is 13.2 Å². The van der Waals surface area contributed by atoms with Crippen LogP contribution >= 0.6 is 0 Å². The van der Waals surface area contributed by atoms with Gasteiger partial charge in [-0.3, -0.25) is 0 Å². The lowest BCUT2D eigenvalue weighted by Gasteiger charge is -2.26. The van der Waals surface area contributed by atoms with Crippen LogP contribution in [0.25, 0.3) is 10.8 Å². The van der Waals surface area contributed by atoms with Crippen molar-refractivity contribution in [2.24, 2.45) is 0 Å². The quantitative estimate of drug-likeness (QED) is 0.605. The Bertz CT molecular complexity index is 966. The van der Waals surface area contributed by atoms with Gasteiger partial charge in [-0.1, -0.05) is 36.4 Å². The monoisotopic (exact) mass is 372 g/mol. The van der Waals surface area contributed by atoms with Gasteiger partial charge in [-0.2, -0.15) is 0 Å². The molecular formula is C21H19F3N2O. The van der Waals surface area contributed by atoms with Crippen molar-refractivity contribution < 1.29 is 17.9 Å². The van der Waals surface area contributed by atoms with Crippen LogP contribution in [-0.4, -0.2) is 31.4 Å². The minimum atomic E-state index is -4.69. The second kappa shape index (κ2) is 6.78. The molecule has 0 spiro atoms. The molecule has 0 saturated carbocycles. The van der Waals surface area contributed by atoms with E-state index < -0.39 is 6.36 Å². The topological polar surface area (TPSA) is 15.7 Å². The number of ether oxygens (including phenoxy) is 1. The van der Waals surface area contributed by atoms with E-state index in [-0.39, 0.29) is 5.75 Å². The molecule has 0 amide bonds. The van der Waals surface area contributed by atoms with Crippen LogP contribution in [0, 0.1) is 0 Å². The van der Waals surface area contributed by atoms with Crippen LogP contribution in [0.2, 0.25) is 0 Å². The number of fused-ring (bicyclic) bond motifs is 2. The van der Waals surface area contributed by atoms with Gasteiger partial charge in [0.1, 0.15) is 5.75 Å².